The van der Waals surface area contributed by atoms with E-state index in [4.69, 9.17) is 10.5 Å². The average molecular weight is 243 g/mol. The Bertz CT molecular complexity index is 570. The lowest BCUT2D eigenvalue weighted by Crippen LogP contribution is -2.16. The minimum atomic E-state index is -0.569. The first-order chi connectivity index (χ1) is 8.70. The van der Waals surface area contributed by atoms with Crippen LogP contribution in [0.2, 0.25) is 0 Å². The molecular weight excluding hydrogens is 230 g/mol. The van der Waals surface area contributed by atoms with E-state index in [0.29, 0.717) is 6.42 Å². The smallest absolute Gasteiger partial charge is 0.269 e. The van der Waals surface area contributed by atoms with E-state index < -0.39 is 5.91 Å². The molecule has 0 unspecified atom stereocenters. The van der Waals surface area contributed by atoms with Crippen molar-refractivity contribution in [2.75, 3.05) is 7.11 Å². The molecule has 0 aliphatic carbocycles. The van der Waals surface area contributed by atoms with Crippen molar-refractivity contribution in [1.82, 2.24) is 10.2 Å². The number of carbonyl (C=O) groups excluding carboxylic acids is 1. The molecule has 0 aliphatic heterocycles. The Morgan fingerprint density at radius 3 is 2.94 bits per heavy atom. The van der Waals surface area contributed by atoms with Crippen molar-refractivity contribution >= 4 is 5.91 Å². The van der Waals surface area contributed by atoms with Gasteiger partial charge >= 0.3 is 0 Å². The van der Waals surface area contributed by atoms with Crippen LogP contribution in [0.15, 0.2) is 36.5 Å². The molecule has 2 N–H and O–H groups in total. The van der Waals surface area contributed by atoms with Gasteiger partial charge in [0.15, 0.2) is 5.69 Å². The monoisotopic (exact) mass is 243 g/mol. The van der Waals surface area contributed by atoms with Gasteiger partial charge in [-0.2, -0.15) is 5.10 Å². The maximum Gasteiger partial charge on any atom is 0.269 e. The highest BCUT2D eigenvalue weighted by Gasteiger charge is 2.10. The maximum absolute atomic E-state index is 11.2. The van der Waals surface area contributed by atoms with Crippen LogP contribution in [0.1, 0.15) is 21.6 Å². The van der Waals surface area contributed by atoms with E-state index in [9.17, 15) is 4.79 Å². The van der Waals surface area contributed by atoms with E-state index in [1.165, 1.54) is 0 Å². The standard InChI is InChI=1S/C13H13N3O2/c1-18-11-4-2-3-9(8-11)7-10-5-6-15-16-12(10)13(14)17/h2-6,8H,7H2,1H3,(H2,14,17). The summed E-state index contributed by atoms with van der Waals surface area (Å²) in [5.74, 6) is 0.205. The van der Waals surface area contributed by atoms with E-state index in [2.05, 4.69) is 10.2 Å². The molecule has 0 bridgehead atoms. The highest BCUT2D eigenvalue weighted by atomic mass is 16.5. The third-order valence-corrected chi connectivity index (χ3v) is 2.57. The summed E-state index contributed by atoms with van der Waals surface area (Å²) in [6.07, 6.45) is 2.10. The molecular formula is C13H13N3O2. The van der Waals surface area contributed by atoms with Crippen LogP contribution in [0.5, 0.6) is 5.75 Å². The fraction of sp³-hybridized carbons (Fsp3) is 0.154. The number of hydrogen-bond donors (Lipinski definition) is 1. The van der Waals surface area contributed by atoms with E-state index in [-0.39, 0.29) is 5.69 Å². The topological polar surface area (TPSA) is 78.1 Å². The number of aromatic nitrogens is 2. The number of rotatable bonds is 4. The molecule has 0 saturated heterocycles. The Morgan fingerprint density at radius 2 is 2.22 bits per heavy atom. The number of methoxy groups -OCH3 is 1. The van der Waals surface area contributed by atoms with Crippen molar-refractivity contribution in [3.8, 4) is 5.75 Å². The highest BCUT2D eigenvalue weighted by molar-refractivity contribution is 5.92. The van der Waals surface area contributed by atoms with Crippen LogP contribution in [-0.2, 0) is 6.42 Å². The molecule has 92 valence electrons. The van der Waals surface area contributed by atoms with Gasteiger partial charge in [-0.15, -0.1) is 5.10 Å². The Kier molecular flexibility index (Phi) is 3.52. The molecule has 2 rings (SSSR count). The Hall–Kier alpha value is -2.43. The zero-order valence-corrected chi connectivity index (χ0v) is 9.96. The van der Waals surface area contributed by atoms with Gasteiger partial charge in [0.1, 0.15) is 5.75 Å². The Labute approximate surface area is 105 Å². The lowest BCUT2D eigenvalue weighted by molar-refractivity contribution is 0.0993. The van der Waals surface area contributed by atoms with Crippen molar-refractivity contribution < 1.29 is 9.53 Å². The molecule has 5 nitrogen and oxygen atoms in total. The van der Waals surface area contributed by atoms with E-state index in [0.717, 1.165) is 16.9 Å². The summed E-state index contributed by atoms with van der Waals surface area (Å²) in [5.41, 5.74) is 7.24. The van der Waals surface area contributed by atoms with Crippen LogP contribution >= 0.6 is 0 Å². The molecule has 1 aromatic heterocycles. The summed E-state index contributed by atoms with van der Waals surface area (Å²) < 4.78 is 5.15. The molecule has 1 aromatic carbocycles. The van der Waals surface area contributed by atoms with Crippen LogP contribution < -0.4 is 10.5 Å². The number of benzene rings is 1. The molecule has 0 saturated carbocycles. The predicted molar refractivity (Wildman–Crippen MR) is 66.3 cm³/mol. The zero-order chi connectivity index (χ0) is 13.0. The molecule has 18 heavy (non-hydrogen) atoms. The fourth-order valence-electron chi connectivity index (χ4n) is 1.71. The second-order valence-corrected chi connectivity index (χ2v) is 3.80. The Morgan fingerprint density at radius 1 is 1.39 bits per heavy atom. The van der Waals surface area contributed by atoms with Gasteiger partial charge in [0.2, 0.25) is 0 Å². The van der Waals surface area contributed by atoms with Gasteiger partial charge in [-0.3, -0.25) is 4.79 Å². The maximum atomic E-state index is 11.2. The molecule has 0 atom stereocenters. The van der Waals surface area contributed by atoms with Crippen LogP contribution in [0.3, 0.4) is 0 Å². The van der Waals surface area contributed by atoms with Gasteiger partial charge in [0.05, 0.1) is 7.11 Å². The summed E-state index contributed by atoms with van der Waals surface area (Å²) in [5, 5.41) is 7.43. The van der Waals surface area contributed by atoms with Crippen LogP contribution in [0, 0.1) is 0 Å². The molecule has 1 amide bonds. The first-order valence-electron chi connectivity index (χ1n) is 5.44. The number of nitrogens with zero attached hydrogens (tertiary/aromatic N) is 2. The highest BCUT2D eigenvalue weighted by Crippen LogP contribution is 2.17. The van der Waals surface area contributed by atoms with Gasteiger partial charge in [0.25, 0.3) is 5.91 Å². The number of primary amides is 1. The predicted octanol–water partition coefficient (Wildman–Crippen LogP) is 1.17. The quantitative estimate of drug-likeness (QED) is 0.874. The third kappa shape index (κ3) is 2.63. The number of nitrogens with two attached hydrogens (primary N) is 1. The van der Waals surface area contributed by atoms with Crippen molar-refractivity contribution in [2.45, 2.75) is 6.42 Å². The summed E-state index contributed by atoms with van der Waals surface area (Å²) in [7, 11) is 1.61. The lowest BCUT2D eigenvalue weighted by atomic mass is 10.0. The summed E-state index contributed by atoms with van der Waals surface area (Å²) >= 11 is 0. The molecule has 5 heteroatoms. The average Bonchev–Trinajstić information content (AvgIpc) is 2.39. The van der Waals surface area contributed by atoms with Crippen LogP contribution in [0.25, 0.3) is 0 Å². The second kappa shape index (κ2) is 5.27. The van der Waals surface area contributed by atoms with Crippen molar-refractivity contribution in [2.24, 2.45) is 5.73 Å². The molecule has 0 fully saturated rings. The van der Waals surface area contributed by atoms with Crippen molar-refractivity contribution in [1.29, 1.82) is 0 Å². The van der Waals surface area contributed by atoms with Crippen molar-refractivity contribution in [3.63, 3.8) is 0 Å². The number of hydrogen-bond acceptors (Lipinski definition) is 4. The number of carbonyl (C=O) groups is 1. The van der Waals surface area contributed by atoms with Crippen LogP contribution in [0.4, 0.5) is 0 Å². The minimum absolute atomic E-state index is 0.209. The fourth-order valence-corrected chi connectivity index (χ4v) is 1.71. The molecule has 0 aliphatic rings. The van der Waals surface area contributed by atoms with Crippen molar-refractivity contribution in [3.05, 3.63) is 53.3 Å². The Balaban J connectivity index is 2.31. The minimum Gasteiger partial charge on any atom is -0.497 e. The second-order valence-electron chi connectivity index (χ2n) is 3.80. The first kappa shape index (κ1) is 12.0. The van der Waals surface area contributed by atoms with Gasteiger partial charge in [-0.25, -0.2) is 0 Å². The van der Waals surface area contributed by atoms with E-state index in [1.807, 2.05) is 24.3 Å². The summed E-state index contributed by atoms with van der Waals surface area (Å²) in [6, 6.07) is 9.36. The van der Waals surface area contributed by atoms with Gasteiger partial charge in [-0.05, 0) is 29.3 Å². The molecule has 0 radical (unpaired) electrons. The molecule has 1 heterocycles. The zero-order valence-electron chi connectivity index (χ0n) is 9.96. The molecule has 0 spiro atoms. The summed E-state index contributed by atoms with van der Waals surface area (Å²) in [6.45, 7) is 0. The van der Waals surface area contributed by atoms with E-state index in [1.54, 1.807) is 19.4 Å². The van der Waals surface area contributed by atoms with Gasteiger partial charge in [0, 0.05) is 12.6 Å². The SMILES string of the molecule is COc1cccc(Cc2ccnnc2C(N)=O)c1. The normalized spacial score (nSPS) is 10.1. The van der Waals surface area contributed by atoms with E-state index >= 15 is 0 Å². The third-order valence-electron chi connectivity index (χ3n) is 2.57. The largest absolute Gasteiger partial charge is 0.497 e. The van der Waals surface area contributed by atoms with Gasteiger partial charge < -0.3 is 10.5 Å². The van der Waals surface area contributed by atoms with Crippen LogP contribution in [-0.4, -0.2) is 23.2 Å². The first-order valence-corrected chi connectivity index (χ1v) is 5.44. The number of ether oxygens (including phenoxy) is 1. The van der Waals surface area contributed by atoms with Gasteiger partial charge in [-0.1, -0.05) is 12.1 Å². The summed E-state index contributed by atoms with van der Waals surface area (Å²) in [4.78, 5) is 11.2. The number of amides is 1. The molecule has 2 aromatic rings. The lowest BCUT2D eigenvalue weighted by Gasteiger charge is -2.06.